The lowest BCUT2D eigenvalue weighted by atomic mass is 9.72. The van der Waals surface area contributed by atoms with Crippen molar-refractivity contribution in [3.8, 4) is 0 Å². The lowest BCUT2D eigenvalue weighted by Gasteiger charge is -2.45. The van der Waals surface area contributed by atoms with Crippen molar-refractivity contribution >= 4 is 27.5 Å². The zero-order valence-electron chi connectivity index (χ0n) is 20.9. The number of aliphatic hydroxyl groups excluding tert-OH is 2. The number of ether oxygens (including phenoxy) is 2. The van der Waals surface area contributed by atoms with E-state index >= 15 is 0 Å². The molecule has 3 N–H and O–H groups in total. The Morgan fingerprint density at radius 1 is 1.00 bits per heavy atom. The first kappa shape index (κ1) is 30.8. The van der Waals surface area contributed by atoms with Gasteiger partial charge in [-0.25, -0.2) is 0 Å². The van der Waals surface area contributed by atoms with Crippen molar-refractivity contribution in [3.05, 3.63) is 12.0 Å². The molecule has 2 unspecified atom stereocenters. The molecule has 0 heterocycles. The molecule has 8 heteroatoms. The molecular formula is C23H45NO5S2. The van der Waals surface area contributed by atoms with Gasteiger partial charge in [0.05, 0.1) is 31.0 Å². The van der Waals surface area contributed by atoms with Crippen LogP contribution < -0.4 is 5.32 Å². The van der Waals surface area contributed by atoms with Gasteiger partial charge in [-0.15, -0.1) is 0 Å². The smallest absolute Gasteiger partial charge is 0.220 e. The summed E-state index contributed by atoms with van der Waals surface area (Å²) >= 11 is 0. The molecule has 184 valence electrons. The summed E-state index contributed by atoms with van der Waals surface area (Å²) in [5.74, 6) is 0.664. The van der Waals surface area contributed by atoms with Crippen LogP contribution in [0, 0.1) is 16.2 Å². The number of methoxy groups -OCH3 is 1. The van der Waals surface area contributed by atoms with Crippen molar-refractivity contribution < 1.29 is 24.5 Å². The van der Waals surface area contributed by atoms with Crippen LogP contribution >= 0.6 is 21.6 Å². The minimum atomic E-state index is -0.868. The van der Waals surface area contributed by atoms with E-state index in [1.54, 1.807) is 23.3 Å². The standard InChI is InChI=1S/C23H45NO5S2/c1-11-30-31-13-12-17(25)24-14-20(2,3)19(27)23(8,9)29-16-22(6,7)18(26)21(4,5)15-28-10/h11,18-19,26-27H,1,12-16H2,2-10H3,(H,24,25). The number of carbonyl (C=O) groups excluding carboxylic acids is 1. The molecule has 0 spiro atoms. The summed E-state index contributed by atoms with van der Waals surface area (Å²) < 4.78 is 11.4. The van der Waals surface area contributed by atoms with Crippen LogP contribution in [0.5, 0.6) is 0 Å². The number of hydrogen-bond acceptors (Lipinski definition) is 7. The maximum Gasteiger partial charge on any atom is 0.220 e. The third-order valence-electron chi connectivity index (χ3n) is 5.50. The van der Waals surface area contributed by atoms with Crippen molar-refractivity contribution in [1.29, 1.82) is 0 Å². The fraction of sp³-hybridized carbons (Fsp3) is 0.870. The molecule has 1 amide bonds. The number of rotatable bonds is 16. The molecule has 0 aliphatic rings. The zero-order valence-corrected chi connectivity index (χ0v) is 22.5. The summed E-state index contributed by atoms with van der Waals surface area (Å²) in [6.45, 7) is 20.0. The summed E-state index contributed by atoms with van der Waals surface area (Å²) in [6.07, 6.45) is -1.07. The molecule has 0 bridgehead atoms. The minimum Gasteiger partial charge on any atom is -0.392 e. The topological polar surface area (TPSA) is 88.0 Å². The van der Waals surface area contributed by atoms with E-state index in [2.05, 4.69) is 11.9 Å². The summed E-state index contributed by atoms with van der Waals surface area (Å²) in [5.41, 5.74) is -2.44. The molecule has 2 atom stereocenters. The van der Waals surface area contributed by atoms with Crippen molar-refractivity contribution in [1.82, 2.24) is 5.32 Å². The normalized spacial score (nSPS) is 15.5. The van der Waals surface area contributed by atoms with Gasteiger partial charge < -0.3 is 25.0 Å². The van der Waals surface area contributed by atoms with Crippen LogP contribution in [0.1, 0.15) is 61.8 Å². The largest absolute Gasteiger partial charge is 0.392 e. The van der Waals surface area contributed by atoms with Crippen molar-refractivity contribution in [3.63, 3.8) is 0 Å². The van der Waals surface area contributed by atoms with Gasteiger partial charge in [0.15, 0.2) is 0 Å². The van der Waals surface area contributed by atoms with E-state index in [4.69, 9.17) is 9.47 Å². The quantitative estimate of drug-likeness (QED) is 0.225. The van der Waals surface area contributed by atoms with Crippen LogP contribution in [0.4, 0.5) is 0 Å². The van der Waals surface area contributed by atoms with Crippen LogP contribution in [-0.2, 0) is 14.3 Å². The maximum atomic E-state index is 12.1. The molecular weight excluding hydrogens is 434 g/mol. The molecule has 0 fully saturated rings. The van der Waals surface area contributed by atoms with Crippen molar-refractivity contribution in [2.24, 2.45) is 16.2 Å². The molecule has 31 heavy (non-hydrogen) atoms. The Hall–Kier alpha value is -0.250. The average Bonchev–Trinajstić information content (AvgIpc) is 2.67. The summed E-state index contributed by atoms with van der Waals surface area (Å²) in [6, 6.07) is 0. The Labute approximate surface area is 197 Å². The van der Waals surface area contributed by atoms with E-state index in [1.807, 2.05) is 55.4 Å². The predicted octanol–water partition coefficient (Wildman–Crippen LogP) is 4.26. The predicted molar refractivity (Wildman–Crippen MR) is 133 cm³/mol. The molecule has 6 nitrogen and oxygen atoms in total. The molecule has 0 aromatic heterocycles. The van der Waals surface area contributed by atoms with Crippen LogP contribution in [0.3, 0.4) is 0 Å². The lowest BCUT2D eigenvalue weighted by Crippen LogP contribution is -2.54. The summed E-state index contributed by atoms with van der Waals surface area (Å²) in [4.78, 5) is 12.1. The second kappa shape index (κ2) is 12.8. The third kappa shape index (κ3) is 10.5. The molecule has 0 aromatic rings. The van der Waals surface area contributed by atoms with E-state index in [9.17, 15) is 15.0 Å². The number of amides is 1. The first-order valence-corrected chi connectivity index (χ1v) is 13.1. The van der Waals surface area contributed by atoms with Gasteiger partial charge in [-0.3, -0.25) is 4.79 Å². The van der Waals surface area contributed by atoms with Gasteiger partial charge >= 0.3 is 0 Å². The van der Waals surface area contributed by atoms with Gasteiger partial charge in [0.2, 0.25) is 5.91 Å². The Bertz CT molecular complexity index is 564. The van der Waals surface area contributed by atoms with Crippen LogP contribution in [0.15, 0.2) is 12.0 Å². The second-order valence-corrected chi connectivity index (χ2v) is 13.2. The minimum absolute atomic E-state index is 0.0409. The Kier molecular flexibility index (Phi) is 12.7. The van der Waals surface area contributed by atoms with E-state index < -0.39 is 34.1 Å². The first-order valence-electron chi connectivity index (χ1n) is 10.7. The fourth-order valence-electron chi connectivity index (χ4n) is 3.72. The van der Waals surface area contributed by atoms with Crippen LogP contribution in [0.25, 0.3) is 0 Å². The highest BCUT2D eigenvalue weighted by atomic mass is 33.1. The average molecular weight is 480 g/mol. The van der Waals surface area contributed by atoms with E-state index in [-0.39, 0.29) is 12.5 Å². The van der Waals surface area contributed by atoms with Crippen molar-refractivity contribution in [2.45, 2.75) is 79.6 Å². The Morgan fingerprint density at radius 2 is 1.55 bits per heavy atom. The Balaban J connectivity index is 4.89. The molecule has 0 aliphatic carbocycles. The maximum absolute atomic E-state index is 12.1. The van der Waals surface area contributed by atoms with Gasteiger partial charge in [-0.2, -0.15) is 0 Å². The van der Waals surface area contributed by atoms with E-state index in [0.29, 0.717) is 25.3 Å². The monoisotopic (exact) mass is 479 g/mol. The van der Waals surface area contributed by atoms with Crippen molar-refractivity contribution in [2.75, 3.05) is 32.6 Å². The molecule has 0 aromatic carbocycles. The Morgan fingerprint density at radius 3 is 2.06 bits per heavy atom. The second-order valence-electron chi connectivity index (χ2n) is 10.7. The van der Waals surface area contributed by atoms with Crippen LogP contribution in [-0.4, -0.2) is 66.6 Å². The van der Waals surface area contributed by atoms with Gasteiger partial charge in [-0.1, -0.05) is 69.7 Å². The number of nitrogens with one attached hydrogen (secondary N) is 1. The summed E-state index contributed by atoms with van der Waals surface area (Å²) in [5, 5.41) is 26.6. The highest BCUT2D eigenvalue weighted by Gasteiger charge is 2.44. The number of aliphatic hydroxyl groups is 2. The molecule has 0 saturated carbocycles. The highest BCUT2D eigenvalue weighted by Crippen LogP contribution is 2.37. The van der Waals surface area contributed by atoms with E-state index in [1.165, 1.54) is 10.8 Å². The number of hydrogen-bond donors (Lipinski definition) is 3. The zero-order chi connectivity index (χ0) is 24.5. The molecule has 0 saturated heterocycles. The van der Waals surface area contributed by atoms with Gasteiger partial charge in [0, 0.05) is 42.1 Å². The summed E-state index contributed by atoms with van der Waals surface area (Å²) in [7, 11) is 4.72. The molecule has 0 aliphatic heterocycles. The fourth-order valence-corrected chi connectivity index (χ4v) is 5.01. The highest BCUT2D eigenvalue weighted by molar-refractivity contribution is 8.77. The first-order chi connectivity index (χ1) is 14.0. The third-order valence-corrected chi connectivity index (χ3v) is 7.46. The van der Waals surface area contributed by atoms with Crippen LogP contribution in [0.2, 0.25) is 0 Å². The number of carbonyl (C=O) groups is 1. The lowest BCUT2D eigenvalue weighted by molar-refractivity contribution is -0.177. The SMILES string of the molecule is C=CSSCCC(=O)NCC(C)(C)C(O)C(C)(C)OCC(C)(C)C(O)C(C)(C)COC. The molecule has 0 rings (SSSR count). The van der Waals surface area contributed by atoms with Gasteiger partial charge in [-0.05, 0) is 19.3 Å². The molecule has 0 radical (unpaired) electrons. The van der Waals surface area contributed by atoms with Gasteiger partial charge in [0.1, 0.15) is 0 Å². The van der Waals surface area contributed by atoms with Gasteiger partial charge in [0.25, 0.3) is 0 Å². The van der Waals surface area contributed by atoms with E-state index in [0.717, 1.165) is 0 Å².